The van der Waals surface area contributed by atoms with Crippen molar-refractivity contribution in [2.24, 2.45) is 0 Å². The topological polar surface area (TPSA) is 53.3 Å². The zero-order chi connectivity index (χ0) is 15.7. The van der Waals surface area contributed by atoms with Crippen LogP contribution in [-0.4, -0.2) is 30.6 Å². The molecule has 0 fully saturated rings. The van der Waals surface area contributed by atoms with Crippen LogP contribution in [-0.2, 0) is 9.53 Å². The zero-order valence-electron chi connectivity index (χ0n) is 12.5. The third-order valence-electron chi connectivity index (χ3n) is 3.09. The lowest BCUT2D eigenvalue weighted by Crippen LogP contribution is -2.31. The molecule has 0 N–H and O–H groups in total. The highest BCUT2D eigenvalue weighted by molar-refractivity contribution is 5.69. The van der Waals surface area contributed by atoms with Gasteiger partial charge in [0.1, 0.15) is 11.9 Å². The smallest absolute Gasteiger partial charge is 0.307 e. The number of ether oxygens (including phenoxy) is 1. The molecule has 0 radical (unpaired) electrons. The lowest BCUT2D eigenvalue weighted by Gasteiger charge is -2.26. The van der Waals surface area contributed by atoms with Gasteiger partial charge in [-0.2, -0.15) is 5.26 Å². The van der Waals surface area contributed by atoms with Crippen molar-refractivity contribution in [3.8, 4) is 6.07 Å². The molecular weight excluding hydrogens is 271 g/mol. The fourth-order valence-electron chi connectivity index (χ4n) is 2.14. The lowest BCUT2D eigenvalue weighted by atomic mass is 10.1. The van der Waals surface area contributed by atoms with Crippen LogP contribution in [0.15, 0.2) is 24.3 Å². The van der Waals surface area contributed by atoms with Gasteiger partial charge in [0.05, 0.1) is 19.1 Å². The minimum Gasteiger partial charge on any atom is -0.466 e. The maximum absolute atomic E-state index is 13.0. The highest BCUT2D eigenvalue weighted by atomic mass is 19.1. The first-order valence-electron chi connectivity index (χ1n) is 7.17. The number of nitrogens with zero attached hydrogens (tertiary/aromatic N) is 2. The van der Waals surface area contributed by atoms with E-state index in [0.29, 0.717) is 19.7 Å². The summed E-state index contributed by atoms with van der Waals surface area (Å²) in [6.07, 6.45) is 1.11. The van der Waals surface area contributed by atoms with Crippen LogP contribution in [0.3, 0.4) is 0 Å². The fourth-order valence-corrected chi connectivity index (χ4v) is 2.14. The summed E-state index contributed by atoms with van der Waals surface area (Å²) in [6, 6.07) is 7.64. The molecule has 0 aliphatic heterocycles. The zero-order valence-corrected chi connectivity index (χ0v) is 12.5. The predicted octanol–water partition coefficient (Wildman–Crippen LogP) is 3.06. The number of benzene rings is 1. The van der Waals surface area contributed by atoms with Crippen LogP contribution in [0.25, 0.3) is 0 Å². The molecule has 1 rings (SSSR count). The van der Waals surface area contributed by atoms with Crippen molar-refractivity contribution >= 4 is 5.97 Å². The van der Waals surface area contributed by atoms with E-state index < -0.39 is 6.04 Å². The summed E-state index contributed by atoms with van der Waals surface area (Å²) in [7, 11) is 0. The van der Waals surface area contributed by atoms with Gasteiger partial charge in [-0.15, -0.1) is 0 Å². The summed E-state index contributed by atoms with van der Waals surface area (Å²) >= 11 is 0. The quantitative estimate of drug-likeness (QED) is 0.691. The summed E-state index contributed by atoms with van der Waals surface area (Å²) < 4.78 is 17.9. The van der Waals surface area contributed by atoms with Crippen LogP contribution in [0, 0.1) is 17.1 Å². The third-order valence-corrected chi connectivity index (χ3v) is 3.09. The number of carbonyl (C=O) groups is 1. The van der Waals surface area contributed by atoms with Crippen LogP contribution in [0.4, 0.5) is 4.39 Å². The Labute approximate surface area is 125 Å². The number of hydrogen-bond acceptors (Lipinski definition) is 4. The first-order chi connectivity index (χ1) is 10.1. The number of carbonyl (C=O) groups excluding carboxylic acids is 1. The Bertz CT molecular complexity index is 482. The number of esters is 1. The summed E-state index contributed by atoms with van der Waals surface area (Å²) in [5, 5.41) is 9.41. The minimum atomic E-state index is -0.486. The van der Waals surface area contributed by atoms with Crippen molar-refractivity contribution in [2.75, 3.05) is 19.7 Å². The summed E-state index contributed by atoms with van der Waals surface area (Å²) in [6.45, 7) is 5.26. The molecule has 0 saturated carbocycles. The maximum atomic E-state index is 13.0. The van der Waals surface area contributed by atoms with E-state index in [4.69, 9.17) is 4.74 Å². The molecule has 0 spiro atoms. The largest absolute Gasteiger partial charge is 0.466 e. The van der Waals surface area contributed by atoms with Crippen molar-refractivity contribution in [1.29, 1.82) is 5.26 Å². The normalized spacial score (nSPS) is 12.0. The van der Waals surface area contributed by atoms with E-state index in [0.717, 1.165) is 12.0 Å². The molecule has 0 bridgehead atoms. The van der Waals surface area contributed by atoms with Crippen LogP contribution in [0.2, 0.25) is 0 Å². The molecular formula is C16H21FN2O2. The third kappa shape index (κ3) is 5.52. The van der Waals surface area contributed by atoms with Gasteiger partial charge >= 0.3 is 5.97 Å². The van der Waals surface area contributed by atoms with Crippen molar-refractivity contribution in [3.05, 3.63) is 35.6 Å². The molecule has 4 nitrogen and oxygen atoms in total. The second-order valence-corrected chi connectivity index (χ2v) is 4.67. The van der Waals surface area contributed by atoms with E-state index in [1.165, 1.54) is 12.1 Å². The van der Waals surface area contributed by atoms with Gasteiger partial charge in [0.25, 0.3) is 0 Å². The van der Waals surface area contributed by atoms with Crippen molar-refractivity contribution < 1.29 is 13.9 Å². The molecule has 1 atom stereocenters. The highest BCUT2D eigenvalue weighted by Crippen LogP contribution is 2.21. The van der Waals surface area contributed by atoms with Crippen LogP contribution >= 0.6 is 0 Å². The van der Waals surface area contributed by atoms with Crippen molar-refractivity contribution in [2.45, 2.75) is 32.7 Å². The second-order valence-electron chi connectivity index (χ2n) is 4.67. The van der Waals surface area contributed by atoms with E-state index >= 15 is 0 Å². The number of halogens is 1. The van der Waals surface area contributed by atoms with Gasteiger partial charge in [-0.1, -0.05) is 19.1 Å². The van der Waals surface area contributed by atoms with E-state index in [2.05, 4.69) is 6.07 Å². The molecule has 1 aromatic carbocycles. The first kappa shape index (κ1) is 17.1. The molecule has 0 aliphatic rings. The van der Waals surface area contributed by atoms with E-state index in [-0.39, 0.29) is 18.2 Å². The summed E-state index contributed by atoms with van der Waals surface area (Å²) in [4.78, 5) is 13.4. The van der Waals surface area contributed by atoms with Gasteiger partial charge in [0.15, 0.2) is 0 Å². The molecule has 0 saturated heterocycles. The van der Waals surface area contributed by atoms with Gasteiger partial charge in [-0.25, -0.2) is 4.39 Å². The van der Waals surface area contributed by atoms with Gasteiger partial charge < -0.3 is 4.74 Å². The first-order valence-corrected chi connectivity index (χ1v) is 7.17. The van der Waals surface area contributed by atoms with Crippen LogP contribution in [0.1, 0.15) is 38.3 Å². The molecule has 0 aliphatic carbocycles. The standard InChI is InChI=1S/C16H21FN2O2/c1-3-10-19(11-9-16(20)21-4-2)15(12-18)13-5-7-14(17)8-6-13/h5-8,15H,3-4,9-11H2,1-2H3. The van der Waals surface area contributed by atoms with Gasteiger partial charge in [-0.3, -0.25) is 9.69 Å². The average Bonchev–Trinajstić information content (AvgIpc) is 2.47. The Balaban J connectivity index is 2.78. The number of rotatable bonds is 8. The Morgan fingerprint density at radius 3 is 2.52 bits per heavy atom. The summed E-state index contributed by atoms with van der Waals surface area (Å²) in [5.74, 6) is -0.599. The molecule has 114 valence electrons. The van der Waals surface area contributed by atoms with Crippen molar-refractivity contribution in [3.63, 3.8) is 0 Å². The molecule has 0 amide bonds. The van der Waals surface area contributed by atoms with Gasteiger partial charge in [-0.05, 0) is 37.6 Å². The Morgan fingerprint density at radius 2 is 2.00 bits per heavy atom. The Morgan fingerprint density at radius 1 is 1.33 bits per heavy atom. The molecule has 0 heterocycles. The van der Waals surface area contributed by atoms with E-state index in [1.807, 2.05) is 11.8 Å². The molecule has 0 aromatic heterocycles. The minimum absolute atomic E-state index is 0.243. The second kappa shape index (κ2) is 9.09. The van der Waals surface area contributed by atoms with E-state index in [9.17, 15) is 14.4 Å². The number of hydrogen-bond donors (Lipinski definition) is 0. The molecule has 21 heavy (non-hydrogen) atoms. The molecule has 1 unspecified atom stereocenters. The van der Waals surface area contributed by atoms with Crippen molar-refractivity contribution in [1.82, 2.24) is 4.90 Å². The Kier molecular flexibility index (Phi) is 7.41. The lowest BCUT2D eigenvalue weighted by molar-refractivity contribution is -0.143. The van der Waals surface area contributed by atoms with Crippen LogP contribution < -0.4 is 0 Å². The highest BCUT2D eigenvalue weighted by Gasteiger charge is 2.20. The van der Waals surface area contributed by atoms with E-state index in [1.54, 1.807) is 19.1 Å². The van der Waals surface area contributed by atoms with Gasteiger partial charge in [0, 0.05) is 6.54 Å². The number of nitriles is 1. The fraction of sp³-hybridized carbons (Fsp3) is 0.500. The van der Waals surface area contributed by atoms with Crippen LogP contribution in [0.5, 0.6) is 0 Å². The predicted molar refractivity (Wildman–Crippen MR) is 77.9 cm³/mol. The molecule has 1 aromatic rings. The maximum Gasteiger partial charge on any atom is 0.307 e. The average molecular weight is 292 g/mol. The SMILES string of the molecule is CCCN(CCC(=O)OCC)C(C#N)c1ccc(F)cc1. The summed E-state index contributed by atoms with van der Waals surface area (Å²) in [5.41, 5.74) is 0.733. The monoisotopic (exact) mass is 292 g/mol. The molecule has 5 heteroatoms. The Hall–Kier alpha value is -1.93. The van der Waals surface area contributed by atoms with Gasteiger partial charge in [0.2, 0.25) is 0 Å².